The summed E-state index contributed by atoms with van der Waals surface area (Å²) < 4.78 is 0. The van der Waals surface area contributed by atoms with Crippen LogP contribution in [0.25, 0.3) is 0 Å². The zero-order valence-electron chi connectivity index (χ0n) is 14.2. The lowest BCUT2D eigenvalue weighted by Gasteiger charge is -2.26. The zero-order valence-corrected chi connectivity index (χ0v) is 14.2. The van der Waals surface area contributed by atoms with Gasteiger partial charge in [0.2, 0.25) is 5.91 Å². The van der Waals surface area contributed by atoms with Gasteiger partial charge >= 0.3 is 0 Å². The van der Waals surface area contributed by atoms with E-state index in [9.17, 15) is 9.59 Å². The lowest BCUT2D eigenvalue weighted by atomic mass is 9.81. The molecule has 2 rings (SSSR count). The molecule has 1 aliphatic heterocycles. The molecule has 4 nitrogen and oxygen atoms in total. The van der Waals surface area contributed by atoms with E-state index in [0.717, 1.165) is 51.0 Å². The lowest BCUT2D eigenvalue weighted by molar-refractivity contribution is -0.129. The number of Topliss-reactive ketones (excluding diaryl/α,β-unsaturated/α-hetero) is 1. The number of amides is 1. The molecule has 1 saturated heterocycles. The SMILES string of the molecule is CC1CCC(C(=O)CNC(=O)[C@@H](C)CC2CCCCN2)CC1. The molecule has 0 aromatic rings. The first-order valence-electron chi connectivity index (χ1n) is 9.10. The average Bonchev–Trinajstić information content (AvgIpc) is 2.53. The van der Waals surface area contributed by atoms with E-state index >= 15 is 0 Å². The minimum Gasteiger partial charge on any atom is -0.349 e. The van der Waals surface area contributed by atoms with Crippen LogP contribution in [0.1, 0.15) is 65.2 Å². The molecule has 2 atom stereocenters. The highest BCUT2D eigenvalue weighted by Gasteiger charge is 2.25. The van der Waals surface area contributed by atoms with Gasteiger partial charge in [-0.15, -0.1) is 0 Å². The Labute approximate surface area is 134 Å². The van der Waals surface area contributed by atoms with Gasteiger partial charge in [-0.25, -0.2) is 0 Å². The first-order chi connectivity index (χ1) is 10.6. The van der Waals surface area contributed by atoms with E-state index in [1.807, 2.05) is 6.92 Å². The van der Waals surface area contributed by atoms with E-state index < -0.39 is 0 Å². The van der Waals surface area contributed by atoms with Gasteiger partial charge in [-0.3, -0.25) is 9.59 Å². The molecule has 2 N–H and O–H groups in total. The van der Waals surface area contributed by atoms with Crippen LogP contribution in [-0.2, 0) is 9.59 Å². The number of rotatable bonds is 6. The van der Waals surface area contributed by atoms with Crippen LogP contribution in [-0.4, -0.2) is 30.8 Å². The minimum absolute atomic E-state index is 0.0187. The zero-order chi connectivity index (χ0) is 15.9. The second-order valence-electron chi connectivity index (χ2n) is 7.42. The van der Waals surface area contributed by atoms with E-state index in [4.69, 9.17) is 0 Å². The van der Waals surface area contributed by atoms with Gasteiger partial charge in [0.15, 0.2) is 5.78 Å². The van der Waals surface area contributed by atoms with E-state index in [1.54, 1.807) is 0 Å². The molecule has 4 heteroatoms. The van der Waals surface area contributed by atoms with Crippen LogP contribution in [0, 0.1) is 17.8 Å². The average molecular weight is 308 g/mol. The Morgan fingerprint density at radius 3 is 2.50 bits per heavy atom. The van der Waals surface area contributed by atoms with Crippen LogP contribution < -0.4 is 10.6 Å². The number of carbonyl (C=O) groups excluding carboxylic acids is 2. The summed E-state index contributed by atoms with van der Waals surface area (Å²) >= 11 is 0. The van der Waals surface area contributed by atoms with Crippen molar-refractivity contribution in [2.75, 3.05) is 13.1 Å². The number of ketones is 1. The van der Waals surface area contributed by atoms with Crippen LogP contribution in [0.5, 0.6) is 0 Å². The van der Waals surface area contributed by atoms with Gasteiger partial charge in [0, 0.05) is 17.9 Å². The highest BCUT2D eigenvalue weighted by atomic mass is 16.2. The summed E-state index contributed by atoms with van der Waals surface area (Å²) in [6.07, 6.45) is 8.82. The molecule has 0 spiro atoms. The number of piperidine rings is 1. The quantitative estimate of drug-likeness (QED) is 0.793. The fourth-order valence-electron chi connectivity index (χ4n) is 3.73. The standard InChI is InChI=1S/C18H32N2O2/c1-13-6-8-15(9-7-13)17(21)12-20-18(22)14(2)11-16-5-3-4-10-19-16/h13-16,19H,3-12H2,1-2H3,(H,20,22)/t13?,14-,15?,16?/m0/s1. The second-order valence-corrected chi connectivity index (χ2v) is 7.42. The van der Waals surface area contributed by atoms with E-state index in [2.05, 4.69) is 17.6 Å². The molecule has 1 saturated carbocycles. The second kappa shape index (κ2) is 8.66. The van der Waals surface area contributed by atoms with E-state index in [0.29, 0.717) is 6.04 Å². The van der Waals surface area contributed by atoms with Gasteiger partial charge < -0.3 is 10.6 Å². The molecule has 126 valence electrons. The molecule has 1 heterocycles. The van der Waals surface area contributed by atoms with Crippen molar-refractivity contribution in [2.45, 2.75) is 71.3 Å². The third-order valence-corrected chi connectivity index (χ3v) is 5.41. The Hall–Kier alpha value is -0.900. The van der Waals surface area contributed by atoms with Gasteiger partial charge in [0.25, 0.3) is 0 Å². The maximum absolute atomic E-state index is 12.2. The molecule has 0 bridgehead atoms. The number of hydrogen-bond donors (Lipinski definition) is 2. The van der Waals surface area contributed by atoms with Gasteiger partial charge in [-0.1, -0.05) is 33.1 Å². The van der Waals surface area contributed by atoms with Crippen molar-refractivity contribution in [3.05, 3.63) is 0 Å². The molecule has 1 unspecified atom stereocenters. The third kappa shape index (κ3) is 5.38. The minimum atomic E-state index is -0.0187. The van der Waals surface area contributed by atoms with Crippen LogP contribution in [0.2, 0.25) is 0 Å². The fraction of sp³-hybridized carbons (Fsp3) is 0.889. The Morgan fingerprint density at radius 1 is 1.14 bits per heavy atom. The van der Waals surface area contributed by atoms with Gasteiger partial charge in [0.1, 0.15) is 0 Å². The number of carbonyl (C=O) groups is 2. The molecule has 2 aliphatic rings. The molecule has 2 fully saturated rings. The highest BCUT2D eigenvalue weighted by molar-refractivity contribution is 5.88. The Bertz CT molecular complexity index is 369. The first kappa shape index (κ1) is 17.5. The summed E-state index contributed by atoms with van der Waals surface area (Å²) in [6, 6.07) is 0.463. The Morgan fingerprint density at radius 2 is 1.86 bits per heavy atom. The summed E-state index contributed by atoms with van der Waals surface area (Å²) in [5.41, 5.74) is 0. The van der Waals surface area contributed by atoms with Crippen molar-refractivity contribution in [3.8, 4) is 0 Å². The molecular weight excluding hydrogens is 276 g/mol. The molecule has 0 aromatic carbocycles. The van der Waals surface area contributed by atoms with Crippen molar-refractivity contribution >= 4 is 11.7 Å². The summed E-state index contributed by atoms with van der Waals surface area (Å²) in [6.45, 7) is 5.51. The van der Waals surface area contributed by atoms with E-state index in [1.165, 1.54) is 12.8 Å². The van der Waals surface area contributed by atoms with E-state index in [-0.39, 0.29) is 30.1 Å². The highest BCUT2D eigenvalue weighted by Crippen LogP contribution is 2.28. The van der Waals surface area contributed by atoms with Crippen LogP contribution in [0.4, 0.5) is 0 Å². The van der Waals surface area contributed by atoms with Gasteiger partial charge in [-0.05, 0) is 44.6 Å². The summed E-state index contributed by atoms with van der Waals surface area (Å²) in [5.74, 6) is 1.16. The molecule has 1 amide bonds. The normalized spacial score (nSPS) is 30.5. The molecule has 0 aromatic heterocycles. The molecule has 1 aliphatic carbocycles. The maximum Gasteiger partial charge on any atom is 0.223 e. The Balaban J connectivity index is 1.66. The maximum atomic E-state index is 12.2. The first-order valence-corrected chi connectivity index (χ1v) is 9.10. The summed E-state index contributed by atoms with van der Waals surface area (Å²) in [5, 5.41) is 6.34. The van der Waals surface area contributed by atoms with Crippen molar-refractivity contribution < 1.29 is 9.59 Å². The topological polar surface area (TPSA) is 58.2 Å². The molecular formula is C18H32N2O2. The molecule has 0 radical (unpaired) electrons. The predicted octanol–water partition coefficient (Wildman–Crippen LogP) is 2.67. The number of hydrogen-bond acceptors (Lipinski definition) is 3. The van der Waals surface area contributed by atoms with Crippen LogP contribution in [0.15, 0.2) is 0 Å². The monoisotopic (exact) mass is 308 g/mol. The van der Waals surface area contributed by atoms with Crippen molar-refractivity contribution in [1.29, 1.82) is 0 Å². The van der Waals surface area contributed by atoms with Crippen LogP contribution >= 0.6 is 0 Å². The van der Waals surface area contributed by atoms with Gasteiger partial charge in [-0.2, -0.15) is 0 Å². The summed E-state index contributed by atoms with van der Waals surface area (Å²) in [4.78, 5) is 24.4. The lowest BCUT2D eigenvalue weighted by Crippen LogP contribution is -2.40. The van der Waals surface area contributed by atoms with Crippen molar-refractivity contribution in [2.24, 2.45) is 17.8 Å². The Kier molecular flexibility index (Phi) is 6.87. The predicted molar refractivity (Wildman–Crippen MR) is 88.6 cm³/mol. The smallest absolute Gasteiger partial charge is 0.223 e. The number of nitrogens with one attached hydrogen (secondary N) is 2. The molecule has 22 heavy (non-hydrogen) atoms. The van der Waals surface area contributed by atoms with Crippen molar-refractivity contribution in [3.63, 3.8) is 0 Å². The van der Waals surface area contributed by atoms with Gasteiger partial charge in [0.05, 0.1) is 6.54 Å². The summed E-state index contributed by atoms with van der Waals surface area (Å²) in [7, 11) is 0. The third-order valence-electron chi connectivity index (χ3n) is 5.41. The van der Waals surface area contributed by atoms with Crippen LogP contribution in [0.3, 0.4) is 0 Å². The fourth-order valence-corrected chi connectivity index (χ4v) is 3.73. The van der Waals surface area contributed by atoms with Crippen molar-refractivity contribution in [1.82, 2.24) is 10.6 Å². The largest absolute Gasteiger partial charge is 0.349 e.